The van der Waals surface area contributed by atoms with Crippen LogP contribution in [-0.4, -0.2) is 22.9 Å². The number of nitrogens with zero attached hydrogens (tertiary/aromatic N) is 2. The van der Waals surface area contributed by atoms with Gasteiger partial charge in [0.1, 0.15) is 0 Å². The summed E-state index contributed by atoms with van der Waals surface area (Å²) in [5, 5.41) is 25.2. The van der Waals surface area contributed by atoms with E-state index in [0.29, 0.717) is 5.69 Å². The monoisotopic (exact) mass is 395 g/mol. The van der Waals surface area contributed by atoms with Gasteiger partial charge in [-0.15, -0.1) is 0 Å². The van der Waals surface area contributed by atoms with Crippen LogP contribution in [0.4, 0.5) is 22.7 Å². The molecule has 0 amide bonds. The van der Waals surface area contributed by atoms with Gasteiger partial charge < -0.3 is 10.1 Å². The Morgan fingerprint density at radius 2 is 1.58 bits per heavy atom. The lowest BCUT2D eigenvalue weighted by Crippen LogP contribution is -2.07. The number of esters is 1. The van der Waals surface area contributed by atoms with Crippen LogP contribution >= 0.6 is 15.9 Å². The van der Waals surface area contributed by atoms with E-state index < -0.39 is 27.2 Å². The zero-order valence-electron chi connectivity index (χ0n) is 12.2. The molecule has 1 N–H and O–H groups in total. The second-order valence-corrected chi connectivity index (χ2v) is 5.44. The van der Waals surface area contributed by atoms with E-state index in [1.54, 1.807) is 24.3 Å². The van der Waals surface area contributed by atoms with E-state index in [9.17, 15) is 25.0 Å². The molecule has 0 aromatic heterocycles. The summed E-state index contributed by atoms with van der Waals surface area (Å²) >= 11 is 3.24. The van der Waals surface area contributed by atoms with Crippen molar-refractivity contribution in [3.63, 3.8) is 0 Å². The van der Waals surface area contributed by atoms with Crippen LogP contribution < -0.4 is 5.32 Å². The highest BCUT2D eigenvalue weighted by molar-refractivity contribution is 9.10. The van der Waals surface area contributed by atoms with Gasteiger partial charge in [0.2, 0.25) is 0 Å². The Labute approximate surface area is 143 Å². The number of halogens is 1. The number of ether oxygens (including phenoxy) is 1. The van der Waals surface area contributed by atoms with E-state index in [-0.39, 0.29) is 11.3 Å². The van der Waals surface area contributed by atoms with Crippen molar-refractivity contribution in [1.82, 2.24) is 0 Å². The predicted octanol–water partition coefficient (Wildman–Crippen LogP) is 3.80. The van der Waals surface area contributed by atoms with Crippen LogP contribution in [0.3, 0.4) is 0 Å². The number of carbonyl (C=O) groups is 1. The molecule has 124 valence electrons. The molecular weight excluding hydrogens is 386 g/mol. The molecule has 2 aromatic carbocycles. The highest BCUT2D eigenvalue weighted by Gasteiger charge is 2.29. The Morgan fingerprint density at radius 3 is 2.00 bits per heavy atom. The molecule has 0 aliphatic heterocycles. The number of methoxy groups -OCH3 is 1. The van der Waals surface area contributed by atoms with E-state index in [0.717, 1.165) is 23.7 Å². The van der Waals surface area contributed by atoms with Crippen molar-refractivity contribution >= 4 is 44.6 Å². The summed E-state index contributed by atoms with van der Waals surface area (Å²) < 4.78 is 5.24. The Hall–Kier alpha value is -3.01. The minimum absolute atomic E-state index is 0.280. The van der Waals surface area contributed by atoms with Gasteiger partial charge in [0.15, 0.2) is 5.69 Å². The zero-order valence-corrected chi connectivity index (χ0v) is 13.8. The fourth-order valence-electron chi connectivity index (χ4n) is 1.94. The first-order valence-corrected chi connectivity index (χ1v) is 7.20. The number of hydrogen-bond acceptors (Lipinski definition) is 7. The molecule has 0 bridgehead atoms. The van der Waals surface area contributed by atoms with Crippen molar-refractivity contribution in [2.75, 3.05) is 12.4 Å². The first-order chi connectivity index (χ1) is 11.3. The van der Waals surface area contributed by atoms with E-state index in [2.05, 4.69) is 26.0 Å². The molecule has 2 rings (SSSR count). The van der Waals surface area contributed by atoms with Crippen molar-refractivity contribution in [1.29, 1.82) is 0 Å². The largest absolute Gasteiger partial charge is 0.465 e. The van der Waals surface area contributed by atoms with Crippen LogP contribution in [0.1, 0.15) is 10.4 Å². The fraction of sp³-hybridized carbons (Fsp3) is 0.0714. The minimum atomic E-state index is -0.906. The van der Waals surface area contributed by atoms with Gasteiger partial charge in [-0.05, 0) is 24.3 Å². The predicted molar refractivity (Wildman–Crippen MR) is 88.5 cm³/mol. The summed E-state index contributed by atoms with van der Waals surface area (Å²) in [5.41, 5.74) is -1.40. The zero-order chi connectivity index (χ0) is 17.9. The lowest BCUT2D eigenvalue weighted by molar-refractivity contribution is -0.392. The number of rotatable bonds is 5. The highest BCUT2D eigenvalue weighted by atomic mass is 79.9. The summed E-state index contributed by atoms with van der Waals surface area (Å²) in [4.78, 5) is 32.5. The molecule has 0 radical (unpaired) electrons. The van der Waals surface area contributed by atoms with Crippen LogP contribution in [0.15, 0.2) is 40.9 Å². The molecule has 0 saturated carbocycles. The van der Waals surface area contributed by atoms with Crippen molar-refractivity contribution in [3.8, 4) is 0 Å². The maximum atomic E-state index is 11.6. The molecule has 0 aliphatic carbocycles. The van der Waals surface area contributed by atoms with E-state index in [1.807, 2.05) is 0 Å². The molecule has 0 fully saturated rings. The van der Waals surface area contributed by atoms with Crippen molar-refractivity contribution in [2.45, 2.75) is 0 Å². The Kier molecular flexibility index (Phi) is 5.09. The summed E-state index contributed by atoms with van der Waals surface area (Å²) in [7, 11) is 1.08. The van der Waals surface area contributed by atoms with Gasteiger partial charge in [-0.2, -0.15) is 0 Å². The molecule has 0 aliphatic rings. The normalized spacial score (nSPS) is 10.1. The third-order valence-corrected chi connectivity index (χ3v) is 3.55. The smallest absolute Gasteiger partial charge is 0.338 e. The number of benzene rings is 2. The van der Waals surface area contributed by atoms with Crippen LogP contribution in [0.25, 0.3) is 0 Å². The van der Waals surface area contributed by atoms with Crippen molar-refractivity contribution in [2.24, 2.45) is 0 Å². The van der Waals surface area contributed by atoms with Crippen molar-refractivity contribution in [3.05, 3.63) is 66.7 Å². The van der Waals surface area contributed by atoms with Gasteiger partial charge >= 0.3 is 17.3 Å². The first-order valence-electron chi connectivity index (χ1n) is 6.41. The topological polar surface area (TPSA) is 125 Å². The van der Waals surface area contributed by atoms with E-state index >= 15 is 0 Å². The van der Waals surface area contributed by atoms with Gasteiger partial charge in [0, 0.05) is 22.3 Å². The molecule has 0 saturated heterocycles. The SMILES string of the molecule is COC(=O)c1cc([N+](=O)[O-])c(Nc2ccc(Br)cc2)c([N+](=O)[O-])c1. The van der Waals surface area contributed by atoms with Crippen LogP contribution in [0, 0.1) is 20.2 Å². The highest BCUT2D eigenvalue weighted by Crippen LogP contribution is 2.38. The number of nitrogens with one attached hydrogen (secondary N) is 1. The average Bonchev–Trinajstić information content (AvgIpc) is 2.55. The second kappa shape index (κ2) is 7.04. The van der Waals surface area contributed by atoms with Crippen LogP contribution in [0.5, 0.6) is 0 Å². The molecule has 24 heavy (non-hydrogen) atoms. The number of anilines is 2. The molecule has 0 heterocycles. The molecule has 0 spiro atoms. The lowest BCUT2D eigenvalue weighted by atomic mass is 10.1. The molecule has 0 unspecified atom stereocenters. The molecule has 0 atom stereocenters. The third kappa shape index (κ3) is 3.66. The summed E-state index contributed by atoms with van der Waals surface area (Å²) in [5.74, 6) is -0.906. The van der Waals surface area contributed by atoms with Gasteiger partial charge in [-0.1, -0.05) is 15.9 Å². The average molecular weight is 396 g/mol. The van der Waals surface area contributed by atoms with E-state index in [1.165, 1.54) is 0 Å². The number of carbonyl (C=O) groups excluding carboxylic acids is 1. The van der Waals surface area contributed by atoms with Gasteiger partial charge in [0.05, 0.1) is 22.5 Å². The minimum Gasteiger partial charge on any atom is -0.465 e. The molecular formula is C14H10BrN3O6. The van der Waals surface area contributed by atoms with Gasteiger partial charge in [-0.25, -0.2) is 4.79 Å². The van der Waals surface area contributed by atoms with Crippen molar-refractivity contribution < 1.29 is 19.4 Å². The standard InChI is InChI=1S/C14H10BrN3O6/c1-24-14(19)8-6-11(17(20)21)13(12(7-8)18(22)23)16-10-4-2-9(15)3-5-10/h2-7,16H,1H3. The first kappa shape index (κ1) is 17.3. The quantitative estimate of drug-likeness (QED) is 0.463. The second-order valence-electron chi connectivity index (χ2n) is 4.53. The number of nitro benzene ring substituents is 2. The fourth-order valence-corrected chi connectivity index (χ4v) is 2.21. The maximum absolute atomic E-state index is 11.6. The number of nitro groups is 2. The lowest BCUT2D eigenvalue weighted by Gasteiger charge is -2.09. The maximum Gasteiger partial charge on any atom is 0.338 e. The number of hydrogen-bond donors (Lipinski definition) is 1. The molecule has 9 nitrogen and oxygen atoms in total. The Balaban J connectivity index is 2.62. The van der Waals surface area contributed by atoms with E-state index in [4.69, 9.17) is 0 Å². The van der Waals surface area contributed by atoms with Crippen LogP contribution in [-0.2, 0) is 4.74 Å². The molecule has 2 aromatic rings. The Bertz CT molecular complexity index is 787. The van der Waals surface area contributed by atoms with Gasteiger partial charge in [0.25, 0.3) is 0 Å². The third-order valence-electron chi connectivity index (χ3n) is 3.02. The summed E-state index contributed by atoms with van der Waals surface area (Å²) in [6, 6.07) is 8.38. The van der Waals surface area contributed by atoms with Crippen LogP contribution in [0.2, 0.25) is 0 Å². The Morgan fingerprint density at radius 1 is 1.08 bits per heavy atom. The summed E-state index contributed by atoms with van der Waals surface area (Å²) in [6.45, 7) is 0. The molecule has 10 heteroatoms. The summed E-state index contributed by atoms with van der Waals surface area (Å²) in [6.07, 6.45) is 0. The van der Waals surface area contributed by atoms with Gasteiger partial charge in [-0.3, -0.25) is 20.2 Å².